The number of anilines is 3. The van der Waals surface area contributed by atoms with Crippen LogP contribution in [-0.2, 0) is 0 Å². The van der Waals surface area contributed by atoms with Gasteiger partial charge in [-0.05, 0) is 64.0 Å². The summed E-state index contributed by atoms with van der Waals surface area (Å²) in [7, 11) is 0. The highest BCUT2D eigenvalue weighted by atomic mass is 32.1. The lowest BCUT2D eigenvalue weighted by Crippen LogP contribution is -2.11. The van der Waals surface area contributed by atoms with Crippen LogP contribution >= 0.6 is 11.3 Å². The first kappa shape index (κ1) is 30.2. The fourth-order valence-electron chi connectivity index (χ4n) is 7.13. The maximum absolute atomic E-state index is 5.15. The van der Waals surface area contributed by atoms with Crippen LogP contribution in [0, 0.1) is 0 Å². The Labute approximate surface area is 305 Å². The van der Waals surface area contributed by atoms with Gasteiger partial charge in [0.15, 0.2) is 17.5 Å². The Morgan fingerprint density at radius 3 is 1.42 bits per heavy atom. The number of nitrogens with zero attached hydrogens (tertiary/aromatic N) is 4. The van der Waals surface area contributed by atoms with Gasteiger partial charge in [0.2, 0.25) is 0 Å². The summed E-state index contributed by atoms with van der Waals surface area (Å²) in [5.74, 6) is 1.91. The minimum atomic E-state index is 0.630. The molecule has 0 unspecified atom stereocenters. The highest BCUT2D eigenvalue weighted by Crippen LogP contribution is 2.47. The Kier molecular flexibility index (Phi) is 7.29. The van der Waals surface area contributed by atoms with E-state index in [-0.39, 0.29) is 0 Å². The molecule has 2 heterocycles. The lowest BCUT2D eigenvalue weighted by atomic mass is 10.0. The number of hydrogen-bond donors (Lipinski definition) is 0. The average molecular weight is 683 g/mol. The van der Waals surface area contributed by atoms with Crippen molar-refractivity contribution in [1.82, 2.24) is 15.0 Å². The molecular weight excluding hydrogens is 653 g/mol. The zero-order valence-corrected chi connectivity index (χ0v) is 28.8. The first-order valence-corrected chi connectivity index (χ1v) is 18.2. The fourth-order valence-corrected chi connectivity index (χ4v) is 8.30. The quantitative estimate of drug-likeness (QED) is 0.175. The van der Waals surface area contributed by atoms with E-state index >= 15 is 0 Å². The highest BCUT2D eigenvalue weighted by Gasteiger charge is 2.22. The molecular formula is C47H30N4S. The molecule has 0 saturated heterocycles. The van der Waals surface area contributed by atoms with Crippen molar-refractivity contribution in [2.75, 3.05) is 4.90 Å². The van der Waals surface area contributed by atoms with E-state index in [1.54, 1.807) is 11.3 Å². The maximum atomic E-state index is 5.15. The van der Waals surface area contributed by atoms with E-state index < -0.39 is 0 Å². The number of aromatic nitrogens is 3. The van der Waals surface area contributed by atoms with Crippen molar-refractivity contribution in [3.8, 4) is 34.2 Å². The molecule has 5 heteroatoms. The standard InChI is InChI=1S/C47H30N4S/c1-3-15-33(16-4-1)45-48-46(34-17-5-2-6-18-34)50-47(49-45)37-29-41(44-40-21-11-12-22-42(40)52-43(44)30-37)51(38-25-23-31-13-7-9-19-35(31)27-38)39-26-24-32-14-8-10-20-36(32)28-39/h1-30H. The van der Waals surface area contributed by atoms with Crippen LogP contribution in [0.5, 0.6) is 0 Å². The molecule has 244 valence electrons. The van der Waals surface area contributed by atoms with Crippen molar-refractivity contribution in [1.29, 1.82) is 0 Å². The van der Waals surface area contributed by atoms with Crippen LogP contribution in [0.2, 0.25) is 0 Å². The van der Waals surface area contributed by atoms with Crippen LogP contribution in [0.25, 0.3) is 75.9 Å². The Morgan fingerprint density at radius 2 is 0.846 bits per heavy atom. The highest BCUT2D eigenvalue weighted by molar-refractivity contribution is 7.26. The monoisotopic (exact) mass is 682 g/mol. The minimum Gasteiger partial charge on any atom is -0.310 e. The zero-order chi connectivity index (χ0) is 34.4. The average Bonchev–Trinajstić information content (AvgIpc) is 3.60. The molecule has 0 spiro atoms. The van der Waals surface area contributed by atoms with E-state index in [9.17, 15) is 0 Å². The van der Waals surface area contributed by atoms with Crippen LogP contribution in [0.3, 0.4) is 0 Å². The second-order valence-electron chi connectivity index (χ2n) is 12.9. The van der Waals surface area contributed by atoms with Crippen LogP contribution in [0.15, 0.2) is 182 Å². The predicted octanol–water partition coefficient (Wildman–Crippen LogP) is 13.0. The minimum absolute atomic E-state index is 0.630. The lowest BCUT2D eigenvalue weighted by Gasteiger charge is -2.28. The summed E-state index contributed by atoms with van der Waals surface area (Å²) in [6.45, 7) is 0. The van der Waals surface area contributed by atoms with Gasteiger partial charge in [0, 0.05) is 48.2 Å². The predicted molar refractivity (Wildman–Crippen MR) is 219 cm³/mol. The van der Waals surface area contributed by atoms with Gasteiger partial charge in [0.25, 0.3) is 0 Å². The summed E-state index contributed by atoms with van der Waals surface area (Å²) in [4.78, 5) is 17.7. The van der Waals surface area contributed by atoms with Crippen molar-refractivity contribution in [2.24, 2.45) is 0 Å². The van der Waals surface area contributed by atoms with Crippen molar-refractivity contribution >= 4 is 70.1 Å². The maximum Gasteiger partial charge on any atom is 0.164 e. The molecule has 0 fully saturated rings. The summed E-state index contributed by atoms with van der Waals surface area (Å²) in [5.41, 5.74) is 6.04. The first-order valence-electron chi connectivity index (χ1n) is 17.4. The number of rotatable bonds is 6. The van der Waals surface area contributed by atoms with Gasteiger partial charge in [-0.3, -0.25) is 0 Å². The Hall–Kier alpha value is -6.69. The normalized spacial score (nSPS) is 11.5. The van der Waals surface area contributed by atoms with Gasteiger partial charge in [0.1, 0.15) is 0 Å². The van der Waals surface area contributed by atoms with E-state index in [1.165, 1.54) is 41.7 Å². The molecule has 0 aliphatic rings. The molecule has 4 nitrogen and oxygen atoms in total. The molecule has 0 amide bonds. The zero-order valence-electron chi connectivity index (χ0n) is 28.0. The van der Waals surface area contributed by atoms with Gasteiger partial charge in [-0.25, -0.2) is 15.0 Å². The number of hydrogen-bond acceptors (Lipinski definition) is 5. The molecule has 0 N–H and O–H groups in total. The number of thiophene rings is 1. The molecule has 0 aliphatic carbocycles. The van der Waals surface area contributed by atoms with Crippen LogP contribution in [0.1, 0.15) is 0 Å². The second-order valence-corrected chi connectivity index (χ2v) is 14.0. The molecule has 0 atom stereocenters. The van der Waals surface area contributed by atoms with Crippen molar-refractivity contribution < 1.29 is 0 Å². The third kappa shape index (κ3) is 5.36. The SMILES string of the molecule is c1ccc(-c2nc(-c3ccccc3)nc(-c3cc(N(c4ccc5ccccc5c4)c4ccc5ccccc5c4)c4c(c3)sc3ccccc34)n2)cc1. The topological polar surface area (TPSA) is 41.9 Å². The largest absolute Gasteiger partial charge is 0.310 e. The Balaban J connectivity index is 1.28. The van der Waals surface area contributed by atoms with Gasteiger partial charge in [-0.2, -0.15) is 0 Å². The third-order valence-corrected chi connectivity index (χ3v) is 10.8. The summed E-state index contributed by atoms with van der Waals surface area (Å²) < 4.78 is 2.40. The molecule has 0 aliphatic heterocycles. The molecule has 0 radical (unpaired) electrons. The molecule has 0 saturated carbocycles. The fraction of sp³-hybridized carbons (Fsp3) is 0. The van der Waals surface area contributed by atoms with Gasteiger partial charge in [-0.15, -0.1) is 11.3 Å². The van der Waals surface area contributed by atoms with E-state index in [0.717, 1.165) is 33.8 Å². The Morgan fingerprint density at radius 1 is 0.365 bits per heavy atom. The molecule has 10 rings (SSSR count). The van der Waals surface area contributed by atoms with Crippen LogP contribution in [-0.4, -0.2) is 15.0 Å². The summed E-state index contributed by atoms with van der Waals surface area (Å²) in [5, 5.41) is 7.21. The van der Waals surface area contributed by atoms with Gasteiger partial charge >= 0.3 is 0 Å². The Bertz CT molecular complexity index is 2780. The summed E-state index contributed by atoms with van der Waals surface area (Å²) in [6.07, 6.45) is 0. The van der Waals surface area contributed by atoms with Crippen LogP contribution < -0.4 is 4.90 Å². The van der Waals surface area contributed by atoms with Gasteiger partial charge in [0.05, 0.1) is 5.69 Å². The van der Waals surface area contributed by atoms with E-state index in [0.29, 0.717) is 17.5 Å². The summed E-state index contributed by atoms with van der Waals surface area (Å²) >= 11 is 1.80. The van der Waals surface area contributed by atoms with E-state index in [1.807, 2.05) is 36.4 Å². The van der Waals surface area contributed by atoms with Crippen molar-refractivity contribution in [3.63, 3.8) is 0 Å². The summed E-state index contributed by atoms with van der Waals surface area (Å²) in [6, 6.07) is 64.1. The van der Waals surface area contributed by atoms with Crippen molar-refractivity contribution in [3.05, 3.63) is 182 Å². The third-order valence-electron chi connectivity index (χ3n) is 9.64. The van der Waals surface area contributed by atoms with E-state index in [4.69, 9.17) is 15.0 Å². The van der Waals surface area contributed by atoms with Gasteiger partial charge in [-0.1, -0.05) is 140 Å². The molecule has 8 aromatic carbocycles. The second kappa shape index (κ2) is 12.6. The first-order chi connectivity index (χ1) is 25.7. The lowest BCUT2D eigenvalue weighted by molar-refractivity contribution is 1.07. The number of benzene rings is 8. The van der Waals surface area contributed by atoms with E-state index in [2.05, 4.69) is 150 Å². The molecule has 0 bridgehead atoms. The smallest absolute Gasteiger partial charge is 0.164 e. The number of fused-ring (bicyclic) bond motifs is 5. The molecule has 10 aromatic rings. The van der Waals surface area contributed by atoms with Crippen LogP contribution in [0.4, 0.5) is 17.1 Å². The molecule has 2 aromatic heterocycles. The van der Waals surface area contributed by atoms with Crippen molar-refractivity contribution in [2.45, 2.75) is 0 Å². The van der Waals surface area contributed by atoms with Gasteiger partial charge < -0.3 is 4.90 Å². The molecule has 52 heavy (non-hydrogen) atoms.